The number of furan rings is 1. The standard InChI is InChI=1S/C10H14BrNO3/c1-7(2)14-6-5-12-10(13)8-3-4-9(11)15-8/h3-4,7H,5-6H2,1-2H3,(H,12,13). The van der Waals surface area contributed by atoms with Crippen molar-refractivity contribution < 1.29 is 13.9 Å². The first-order valence-corrected chi connectivity index (χ1v) is 5.54. The fourth-order valence-corrected chi connectivity index (χ4v) is 1.29. The van der Waals surface area contributed by atoms with Gasteiger partial charge >= 0.3 is 0 Å². The van der Waals surface area contributed by atoms with Crippen molar-refractivity contribution in [3.63, 3.8) is 0 Å². The number of carbonyl (C=O) groups is 1. The normalized spacial score (nSPS) is 10.7. The summed E-state index contributed by atoms with van der Waals surface area (Å²) in [5.41, 5.74) is 0. The maximum absolute atomic E-state index is 11.4. The first kappa shape index (κ1) is 12.3. The molecular formula is C10H14BrNO3. The van der Waals surface area contributed by atoms with Crippen LogP contribution in [0.2, 0.25) is 0 Å². The SMILES string of the molecule is CC(C)OCCNC(=O)c1ccc(Br)o1. The van der Waals surface area contributed by atoms with Crippen molar-refractivity contribution in [3.05, 3.63) is 22.6 Å². The molecule has 0 bridgehead atoms. The molecule has 0 radical (unpaired) electrons. The number of hydrogen-bond acceptors (Lipinski definition) is 3. The molecule has 0 saturated carbocycles. The minimum atomic E-state index is -0.229. The first-order chi connectivity index (χ1) is 7.09. The third-order valence-electron chi connectivity index (χ3n) is 1.64. The second-order valence-corrected chi connectivity index (χ2v) is 4.06. The number of amides is 1. The van der Waals surface area contributed by atoms with Gasteiger partial charge in [-0.2, -0.15) is 0 Å². The Labute approximate surface area is 97.1 Å². The lowest BCUT2D eigenvalue weighted by Crippen LogP contribution is -2.27. The Bertz CT molecular complexity index is 322. The molecule has 1 aromatic rings. The number of rotatable bonds is 5. The van der Waals surface area contributed by atoms with Crippen LogP contribution in [-0.4, -0.2) is 25.2 Å². The highest BCUT2D eigenvalue weighted by molar-refractivity contribution is 9.10. The fourth-order valence-electron chi connectivity index (χ4n) is 0.983. The molecule has 0 spiro atoms. The molecule has 1 amide bonds. The summed E-state index contributed by atoms with van der Waals surface area (Å²) in [5, 5.41) is 2.69. The molecule has 1 heterocycles. The number of halogens is 1. The lowest BCUT2D eigenvalue weighted by atomic mass is 10.4. The molecule has 0 saturated heterocycles. The molecule has 15 heavy (non-hydrogen) atoms. The summed E-state index contributed by atoms with van der Waals surface area (Å²) < 4.78 is 10.9. The van der Waals surface area contributed by atoms with Gasteiger partial charge in [0.25, 0.3) is 5.91 Å². The van der Waals surface area contributed by atoms with Gasteiger partial charge in [0.15, 0.2) is 10.4 Å². The van der Waals surface area contributed by atoms with Crippen LogP contribution in [0.1, 0.15) is 24.4 Å². The summed E-state index contributed by atoms with van der Waals surface area (Å²) in [7, 11) is 0. The molecule has 0 aliphatic heterocycles. The van der Waals surface area contributed by atoms with Crippen molar-refractivity contribution in [2.45, 2.75) is 20.0 Å². The van der Waals surface area contributed by atoms with Crippen molar-refractivity contribution in [1.82, 2.24) is 5.32 Å². The molecule has 0 unspecified atom stereocenters. The molecule has 1 aromatic heterocycles. The molecule has 1 rings (SSSR count). The number of nitrogens with one attached hydrogen (secondary N) is 1. The predicted octanol–water partition coefficient (Wildman–Crippen LogP) is 2.20. The van der Waals surface area contributed by atoms with E-state index in [4.69, 9.17) is 9.15 Å². The topological polar surface area (TPSA) is 51.5 Å². The Morgan fingerprint density at radius 3 is 2.87 bits per heavy atom. The summed E-state index contributed by atoms with van der Waals surface area (Å²) in [6.07, 6.45) is 0.180. The highest BCUT2D eigenvalue weighted by atomic mass is 79.9. The zero-order valence-corrected chi connectivity index (χ0v) is 10.3. The molecule has 0 atom stereocenters. The zero-order chi connectivity index (χ0) is 11.3. The largest absolute Gasteiger partial charge is 0.444 e. The van der Waals surface area contributed by atoms with Gasteiger partial charge in [0, 0.05) is 6.54 Å². The lowest BCUT2D eigenvalue weighted by molar-refractivity contribution is 0.0736. The van der Waals surface area contributed by atoms with E-state index >= 15 is 0 Å². The molecule has 0 aliphatic carbocycles. The minimum absolute atomic E-state index is 0.180. The van der Waals surface area contributed by atoms with Crippen molar-refractivity contribution in [2.75, 3.05) is 13.2 Å². The summed E-state index contributed by atoms with van der Waals surface area (Å²) >= 11 is 3.13. The van der Waals surface area contributed by atoms with E-state index in [2.05, 4.69) is 21.2 Å². The van der Waals surface area contributed by atoms with Crippen LogP contribution in [0.5, 0.6) is 0 Å². The highest BCUT2D eigenvalue weighted by Crippen LogP contribution is 2.13. The van der Waals surface area contributed by atoms with Gasteiger partial charge in [0.05, 0.1) is 12.7 Å². The first-order valence-electron chi connectivity index (χ1n) is 4.74. The van der Waals surface area contributed by atoms with E-state index in [1.54, 1.807) is 12.1 Å². The molecule has 1 N–H and O–H groups in total. The van der Waals surface area contributed by atoms with Gasteiger partial charge < -0.3 is 14.5 Å². The molecular weight excluding hydrogens is 262 g/mol. The van der Waals surface area contributed by atoms with Crippen molar-refractivity contribution in [3.8, 4) is 0 Å². The van der Waals surface area contributed by atoms with E-state index in [-0.39, 0.29) is 12.0 Å². The molecule has 0 fully saturated rings. The van der Waals surface area contributed by atoms with Crippen LogP contribution < -0.4 is 5.32 Å². The van der Waals surface area contributed by atoms with Crippen LogP contribution in [0.4, 0.5) is 0 Å². The van der Waals surface area contributed by atoms with Crippen LogP contribution in [-0.2, 0) is 4.74 Å². The smallest absolute Gasteiger partial charge is 0.287 e. The van der Waals surface area contributed by atoms with Gasteiger partial charge in [-0.05, 0) is 41.9 Å². The second kappa shape index (κ2) is 5.92. The number of hydrogen-bond donors (Lipinski definition) is 1. The summed E-state index contributed by atoms with van der Waals surface area (Å²) in [4.78, 5) is 11.4. The van der Waals surface area contributed by atoms with Crippen molar-refractivity contribution in [2.24, 2.45) is 0 Å². The molecule has 0 aliphatic rings. The van der Waals surface area contributed by atoms with Crippen LogP contribution in [0.25, 0.3) is 0 Å². The van der Waals surface area contributed by atoms with Gasteiger partial charge in [0.2, 0.25) is 0 Å². The van der Waals surface area contributed by atoms with Gasteiger partial charge in [-0.3, -0.25) is 4.79 Å². The Hall–Kier alpha value is -0.810. The lowest BCUT2D eigenvalue weighted by Gasteiger charge is -2.07. The maximum Gasteiger partial charge on any atom is 0.287 e. The quantitative estimate of drug-likeness (QED) is 0.839. The van der Waals surface area contributed by atoms with Gasteiger partial charge in [-0.1, -0.05) is 0 Å². The van der Waals surface area contributed by atoms with Crippen LogP contribution in [0.15, 0.2) is 21.2 Å². The van der Waals surface area contributed by atoms with Gasteiger partial charge in [-0.25, -0.2) is 0 Å². The van der Waals surface area contributed by atoms with E-state index < -0.39 is 0 Å². The average Bonchev–Trinajstić information content (AvgIpc) is 2.59. The average molecular weight is 276 g/mol. The molecule has 4 nitrogen and oxygen atoms in total. The van der Waals surface area contributed by atoms with Crippen LogP contribution in [0, 0.1) is 0 Å². The molecule has 5 heteroatoms. The third kappa shape index (κ3) is 4.48. The summed E-state index contributed by atoms with van der Waals surface area (Å²) in [6, 6.07) is 3.29. The maximum atomic E-state index is 11.4. The summed E-state index contributed by atoms with van der Waals surface area (Å²) in [6.45, 7) is 4.89. The van der Waals surface area contributed by atoms with E-state index in [0.29, 0.717) is 23.6 Å². The van der Waals surface area contributed by atoms with E-state index in [1.165, 1.54) is 0 Å². The summed E-state index contributed by atoms with van der Waals surface area (Å²) in [5.74, 6) is 0.0690. The fraction of sp³-hybridized carbons (Fsp3) is 0.500. The molecule has 0 aromatic carbocycles. The Morgan fingerprint density at radius 2 is 2.33 bits per heavy atom. The van der Waals surface area contributed by atoms with Gasteiger partial charge in [0.1, 0.15) is 0 Å². The number of carbonyl (C=O) groups excluding carboxylic acids is 1. The number of ether oxygens (including phenoxy) is 1. The van der Waals surface area contributed by atoms with E-state index in [0.717, 1.165) is 0 Å². The Kier molecular flexibility index (Phi) is 4.84. The zero-order valence-electron chi connectivity index (χ0n) is 8.75. The van der Waals surface area contributed by atoms with E-state index in [1.807, 2.05) is 13.8 Å². The molecule has 84 valence electrons. The third-order valence-corrected chi connectivity index (χ3v) is 2.06. The van der Waals surface area contributed by atoms with Crippen molar-refractivity contribution in [1.29, 1.82) is 0 Å². The van der Waals surface area contributed by atoms with Crippen LogP contribution >= 0.6 is 15.9 Å². The van der Waals surface area contributed by atoms with E-state index in [9.17, 15) is 4.79 Å². The minimum Gasteiger partial charge on any atom is -0.444 e. The Morgan fingerprint density at radius 1 is 1.60 bits per heavy atom. The van der Waals surface area contributed by atoms with Crippen molar-refractivity contribution >= 4 is 21.8 Å². The second-order valence-electron chi connectivity index (χ2n) is 3.28. The highest BCUT2D eigenvalue weighted by Gasteiger charge is 2.09. The monoisotopic (exact) mass is 275 g/mol. The van der Waals surface area contributed by atoms with Gasteiger partial charge in [-0.15, -0.1) is 0 Å². The Balaban J connectivity index is 2.25. The van der Waals surface area contributed by atoms with Crippen LogP contribution in [0.3, 0.4) is 0 Å². The predicted molar refractivity (Wildman–Crippen MR) is 59.8 cm³/mol.